The highest BCUT2D eigenvalue weighted by Gasteiger charge is 2.32. The van der Waals surface area contributed by atoms with Gasteiger partial charge in [0.2, 0.25) is 0 Å². The second-order valence-corrected chi connectivity index (χ2v) is 8.12. The average molecular weight is 440 g/mol. The lowest BCUT2D eigenvalue weighted by atomic mass is 9.98. The first-order chi connectivity index (χ1) is 15.8. The zero-order valence-corrected chi connectivity index (χ0v) is 18.6. The third-order valence-electron chi connectivity index (χ3n) is 5.28. The van der Waals surface area contributed by atoms with Crippen LogP contribution in [0.25, 0.3) is 6.08 Å². The Bertz CT molecular complexity index is 1260. The molecule has 0 saturated carbocycles. The van der Waals surface area contributed by atoms with Crippen LogP contribution in [-0.4, -0.2) is 22.7 Å². The first-order valence-electron chi connectivity index (χ1n) is 10.7. The van der Waals surface area contributed by atoms with Gasteiger partial charge in [0.1, 0.15) is 11.5 Å². The number of carbonyl (C=O) groups is 2. The molecule has 0 saturated heterocycles. The number of rotatable bonds is 6. The quantitative estimate of drug-likeness (QED) is 0.482. The van der Waals surface area contributed by atoms with Crippen LogP contribution < -0.4 is 9.75 Å². The number of hydrogen-bond donors (Lipinski definition) is 1. The molecule has 0 atom stereocenters. The molecule has 6 nitrogen and oxygen atoms in total. The molecule has 1 heterocycles. The van der Waals surface area contributed by atoms with Crippen LogP contribution in [0.5, 0.6) is 11.5 Å². The second kappa shape index (κ2) is 9.12. The SMILES string of the molecule is Cc1ccc(Oc2ccccc2/C=C2\C(=O)N(c3ccc(C(=O)O)cc3)N=C2C(C)C)cc1. The maximum atomic E-state index is 13.3. The first-order valence-corrected chi connectivity index (χ1v) is 10.7. The molecule has 0 bridgehead atoms. The number of carbonyl (C=O) groups excluding carboxylic acids is 1. The van der Waals surface area contributed by atoms with E-state index in [0.29, 0.717) is 28.5 Å². The predicted molar refractivity (Wildman–Crippen MR) is 129 cm³/mol. The van der Waals surface area contributed by atoms with E-state index in [4.69, 9.17) is 9.84 Å². The minimum Gasteiger partial charge on any atom is -0.478 e. The maximum Gasteiger partial charge on any atom is 0.335 e. The van der Waals surface area contributed by atoms with Gasteiger partial charge in [-0.15, -0.1) is 0 Å². The number of aryl methyl sites for hydroxylation is 1. The summed E-state index contributed by atoms with van der Waals surface area (Å²) in [7, 11) is 0. The number of nitrogens with zero attached hydrogens (tertiary/aromatic N) is 2. The van der Waals surface area contributed by atoms with Gasteiger partial charge < -0.3 is 9.84 Å². The molecule has 0 unspecified atom stereocenters. The fourth-order valence-corrected chi connectivity index (χ4v) is 3.49. The Balaban J connectivity index is 1.69. The van der Waals surface area contributed by atoms with Crippen molar-refractivity contribution < 1.29 is 19.4 Å². The monoisotopic (exact) mass is 440 g/mol. The van der Waals surface area contributed by atoms with E-state index in [-0.39, 0.29) is 17.4 Å². The Kier molecular flexibility index (Phi) is 6.09. The van der Waals surface area contributed by atoms with E-state index in [9.17, 15) is 9.59 Å². The summed E-state index contributed by atoms with van der Waals surface area (Å²) in [6.45, 7) is 5.97. The number of aromatic carboxylic acids is 1. The molecule has 0 fully saturated rings. The highest BCUT2D eigenvalue weighted by Crippen LogP contribution is 2.32. The summed E-state index contributed by atoms with van der Waals surface area (Å²) in [6, 6.07) is 21.4. The van der Waals surface area contributed by atoms with Gasteiger partial charge in [-0.25, -0.2) is 4.79 Å². The Morgan fingerprint density at radius 1 is 1.00 bits per heavy atom. The van der Waals surface area contributed by atoms with Gasteiger partial charge in [-0.1, -0.05) is 49.7 Å². The number of benzene rings is 3. The van der Waals surface area contributed by atoms with E-state index >= 15 is 0 Å². The molecule has 3 aromatic rings. The molecule has 33 heavy (non-hydrogen) atoms. The summed E-state index contributed by atoms with van der Waals surface area (Å²) in [4.78, 5) is 24.5. The molecule has 4 rings (SSSR count). The number of ether oxygens (including phenoxy) is 1. The Morgan fingerprint density at radius 2 is 1.67 bits per heavy atom. The van der Waals surface area contributed by atoms with E-state index in [0.717, 1.165) is 11.1 Å². The standard InChI is InChI=1S/C27H24N2O4/c1-17(2)25-23(26(30)29(28-25)21-12-10-19(11-13-21)27(31)32)16-20-6-4-5-7-24(20)33-22-14-8-18(3)9-15-22/h4-17H,1-3H3,(H,31,32)/b23-16-. The lowest BCUT2D eigenvalue weighted by molar-refractivity contribution is -0.114. The maximum absolute atomic E-state index is 13.3. The molecule has 0 radical (unpaired) electrons. The molecule has 3 aromatic carbocycles. The molecule has 1 aliphatic rings. The van der Waals surface area contributed by atoms with E-state index in [2.05, 4.69) is 5.10 Å². The van der Waals surface area contributed by atoms with Crippen molar-refractivity contribution in [3.63, 3.8) is 0 Å². The highest BCUT2D eigenvalue weighted by atomic mass is 16.5. The molecular formula is C27H24N2O4. The van der Waals surface area contributed by atoms with Crippen LogP contribution in [0.15, 0.2) is 83.5 Å². The van der Waals surface area contributed by atoms with Gasteiger partial charge in [0, 0.05) is 5.56 Å². The summed E-state index contributed by atoms with van der Waals surface area (Å²) in [5.41, 5.74) is 3.70. The lowest BCUT2D eigenvalue weighted by Crippen LogP contribution is -2.21. The van der Waals surface area contributed by atoms with Crippen LogP contribution in [-0.2, 0) is 4.79 Å². The predicted octanol–water partition coefficient (Wildman–Crippen LogP) is 5.93. The number of para-hydroxylation sites is 1. The minimum atomic E-state index is -1.02. The molecular weight excluding hydrogens is 416 g/mol. The van der Waals surface area contributed by atoms with E-state index in [1.54, 1.807) is 18.2 Å². The van der Waals surface area contributed by atoms with Gasteiger partial charge in [-0.2, -0.15) is 10.1 Å². The summed E-state index contributed by atoms with van der Waals surface area (Å²) >= 11 is 0. The van der Waals surface area contributed by atoms with Crippen LogP contribution in [0.3, 0.4) is 0 Å². The van der Waals surface area contributed by atoms with Crippen LogP contribution in [0.4, 0.5) is 5.69 Å². The third kappa shape index (κ3) is 4.70. The smallest absolute Gasteiger partial charge is 0.335 e. The first kappa shape index (κ1) is 22.0. The van der Waals surface area contributed by atoms with Crippen molar-refractivity contribution in [1.82, 2.24) is 0 Å². The average Bonchev–Trinajstić information content (AvgIpc) is 3.13. The van der Waals surface area contributed by atoms with Crippen molar-refractivity contribution in [2.45, 2.75) is 20.8 Å². The molecule has 0 spiro atoms. The van der Waals surface area contributed by atoms with Crippen molar-refractivity contribution in [3.8, 4) is 11.5 Å². The van der Waals surface area contributed by atoms with Gasteiger partial charge in [-0.3, -0.25) is 4.79 Å². The number of amides is 1. The number of carboxylic acid groups (broad SMARTS) is 1. The van der Waals surface area contributed by atoms with Crippen molar-refractivity contribution in [2.24, 2.45) is 11.0 Å². The number of hydrazone groups is 1. The van der Waals surface area contributed by atoms with Crippen LogP contribution >= 0.6 is 0 Å². The summed E-state index contributed by atoms with van der Waals surface area (Å²) < 4.78 is 6.09. The van der Waals surface area contributed by atoms with Crippen LogP contribution in [0.2, 0.25) is 0 Å². The van der Waals surface area contributed by atoms with Crippen LogP contribution in [0.1, 0.15) is 35.3 Å². The molecule has 1 N–H and O–H groups in total. The number of hydrogen-bond acceptors (Lipinski definition) is 4. The van der Waals surface area contributed by atoms with Crippen molar-refractivity contribution >= 4 is 29.4 Å². The molecule has 6 heteroatoms. The van der Waals surface area contributed by atoms with Gasteiger partial charge in [0.15, 0.2) is 0 Å². The van der Waals surface area contributed by atoms with E-state index < -0.39 is 5.97 Å². The fraction of sp³-hybridized carbons (Fsp3) is 0.148. The lowest BCUT2D eigenvalue weighted by Gasteiger charge is -2.12. The molecule has 0 aromatic heterocycles. The summed E-state index contributed by atoms with van der Waals surface area (Å²) in [6.07, 6.45) is 1.80. The zero-order chi connectivity index (χ0) is 23.5. The Labute approximate surface area is 192 Å². The van der Waals surface area contributed by atoms with Crippen molar-refractivity contribution in [3.05, 3.63) is 95.1 Å². The normalized spacial score (nSPS) is 14.7. The van der Waals surface area contributed by atoms with Gasteiger partial charge in [-0.05, 0) is 61.4 Å². The van der Waals surface area contributed by atoms with Crippen molar-refractivity contribution in [1.29, 1.82) is 0 Å². The number of anilines is 1. The van der Waals surface area contributed by atoms with Crippen LogP contribution in [0, 0.1) is 12.8 Å². The number of carboxylic acids is 1. The second-order valence-electron chi connectivity index (χ2n) is 8.12. The molecule has 1 amide bonds. The topological polar surface area (TPSA) is 79.2 Å². The minimum absolute atomic E-state index is 0.00803. The zero-order valence-electron chi connectivity index (χ0n) is 18.6. The molecule has 166 valence electrons. The summed E-state index contributed by atoms with van der Waals surface area (Å²) in [5.74, 6) is 0.0585. The largest absolute Gasteiger partial charge is 0.478 e. The van der Waals surface area contributed by atoms with E-state index in [1.807, 2.05) is 69.3 Å². The van der Waals surface area contributed by atoms with E-state index in [1.165, 1.54) is 17.1 Å². The van der Waals surface area contributed by atoms with Gasteiger partial charge in [0.05, 0.1) is 22.5 Å². The third-order valence-corrected chi connectivity index (χ3v) is 5.28. The highest BCUT2D eigenvalue weighted by molar-refractivity contribution is 6.33. The Morgan fingerprint density at radius 3 is 2.30 bits per heavy atom. The van der Waals surface area contributed by atoms with Gasteiger partial charge in [0.25, 0.3) is 5.91 Å². The Hall–Kier alpha value is -4.19. The molecule has 1 aliphatic heterocycles. The van der Waals surface area contributed by atoms with Crippen molar-refractivity contribution in [2.75, 3.05) is 5.01 Å². The summed E-state index contributed by atoms with van der Waals surface area (Å²) in [5, 5.41) is 15.0. The molecule has 0 aliphatic carbocycles. The van der Waals surface area contributed by atoms with Gasteiger partial charge >= 0.3 is 5.97 Å². The fourth-order valence-electron chi connectivity index (χ4n) is 3.49.